The summed E-state index contributed by atoms with van der Waals surface area (Å²) in [6.45, 7) is 4.04. The van der Waals surface area contributed by atoms with Gasteiger partial charge in [-0.1, -0.05) is 13.8 Å². The van der Waals surface area contributed by atoms with Gasteiger partial charge in [-0.15, -0.1) is 0 Å². The van der Waals surface area contributed by atoms with Crippen LogP contribution in [0.25, 0.3) is 0 Å². The summed E-state index contributed by atoms with van der Waals surface area (Å²) in [5, 5.41) is 20.0. The van der Waals surface area contributed by atoms with Gasteiger partial charge in [-0.2, -0.15) is 0 Å². The molecule has 1 amide bonds. The number of amidine groups is 2. The second kappa shape index (κ2) is 11.4. The number of aliphatic imine (C=N–C) groups is 2. The van der Waals surface area contributed by atoms with Crippen LogP contribution in [0.2, 0.25) is 0 Å². The number of nitrogens with one attached hydrogen (secondary N) is 2. The van der Waals surface area contributed by atoms with Gasteiger partial charge >= 0.3 is 0 Å². The third-order valence-corrected chi connectivity index (χ3v) is 4.47. The Balaban J connectivity index is 1.93. The quantitative estimate of drug-likeness (QED) is 0.183. The van der Waals surface area contributed by atoms with Gasteiger partial charge in [0.25, 0.3) is 0 Å². The topological polar surface area (TPSA) is 151 Å². The molecule has 0 saturated carbocycles. The normalized spacial score (nSPS) is 12.3. The Bertz CT molecular complexity index is 930. The lowest BCUT2D eigenvalue weighted by Gasteiger charge is -2.06. The Kier molecular flexibility index (Phi) is 8.87. The van der Waals surface area contributed by atoms with Crippen molar-refractivity contribution >= 4 is 45.0 Å². The fraction of sp³-hybridized carbons (Fsp3) is 0.389. The van der Waals surface area contributed by atoms with Gasteiger partial charge in [0.05, 0.1) is 10.2 Å². The number of hydrogen-bond donors (Lipinski definition) is 4. The molecule has 1 aromatic heterocycles. The largest absolute Gasteiger partial charge is 0.387 e. The van der Waals surface area contributed by atoms with E-state index in [2.05, 4.69) is 41.5 Å². The van der Waals surface area contributed by atoms with Crippen molar-refractivity contribution in [2.45, 2.75) is 33.1 Å². The Morgan fingerprint density at radius 3 is 2.80 bits per heavy atom. The van der Waals surface area contributed by atoms with E-state index in [1.54, 1.807) is 13.8 Å². The van der Waals surface area contributed by atoms with Crippen LogP contribution in [0.5, 0.6) is 0 Å². The first-order chi connectivity index (χ1) is 14.3. The summed E-state index contributed by atoms with van der Waals surface area (Å²) in [5.74, 6) is -0.302. The predicted molar refractivity (Wildman–Crippen MR) is 113 cm³/mol. The fourth-order valence-corrected chi connectivity index (χ4v) is 2.61. The molecule has 0 bridgehead atoms. The molecule has 30 heavy (non-hydrogen) atoms. The molecule has 0 radical (unpaired) electrons. The monoisotopic (exact) mass is 483 g/mol. The zero-order valence-electron chi connectivity index (χ0n) is 16.5. The first kappa shape index (κ1) is 23.4. The zero-order chi connectivity index (χ0) is 22.1. The molecule has 1 heterocycles. The number of nitrogens with zero attached hydrogens (tertiary/aromatic N) is 4. The number of halogens is 2. The van der Waals surface area contributed by atoms with E-state index in [9.17, 15) is 14.4 Å². The van der Waals surface area contributed by atoms with E-state index in [-0.39, 0.29) is 33.6 Å². The molecule has 0 aliphatic rings. The number of carbonyl (C=O) groups is 1. The van der Waals surface area contributed by atoms with Gasteiger partial charge in [-0.25, -0.2) is 19.0 Å². The minimum Gasteiger partial charge on any atom is -0.387 e. The van der Waals surface area contributed by atoms with E-state index >= 15 is 0 Å². The molecule has 10 nitrogen and oxygen atoms in total. The molecule has 0 spiro atoms. The van der Waals surface area contributed by atoms with Crippen molar-refractivity contribution in [1.29, 1.82) is 0 Å². The van der Waals surface area contributed by atoms with E-state index in [0.29, 0.717) is 37.3 Å². The summed E-state index contributed by atoms with van der Waals surface area (Å²) in [7, 11) is 0. The molecule has 0 fully saturated rings. The third kappa shape index (κ3) is 6.88. The molecule has 2 aromatic rings. The maximum atomic E-state index is 13.4. The van der Waals surface area contributed by atoms with Crippen LogP contribution in [-0.4, -0.2) is 39.6 Å². The number of anilines is 1. The van der Waals surface area contributed by atoms with Crippen molar-refractivity contribution in [3.05, 3.63) is 34.2 Å². The molecule has 0 unspecified atom stereocenters. The maximum Gasteiger partial charge on any atom is 0.249 e. The van der Waals surface area contributed by atoms with E-state index in [1.807, 2.05) is 5.48 Å². The minimum atomic E-state index is -0.433. The fourth-order valence-electron chi connectivity index (χ4n) is 2.24. The molecule has 0 aliphatic heterocycles. The summed E-state index contributed by atoms with van der Waals surface area (Å²) in [6.07, 6.45) is 1.91. The van der Waals surface area contributed by atoms with Crippen LogP contribution in [0.15, 0.2) is 37.3 Å². The van der Waals surface area contributed by atoms with Crippen LogP contribution in [0.4, 0.5) is 15.9 Å². The Morgan fingerprint density at radius 2 is 2.13 bits per heavy atom. The van der Waals surface area contributed by atoms with Crippen molar-refractivity contribution in [3.8, 4) is 0 Å². The van der Waals surface area contributed by atoms with Crippen LogP contribution in [0.1, 0.15) is 38.8 Å². The van der Waals surface area contributed by atoms with Crippen molar-refractivity contribution in [2.75, 3.05) is 11.9 Å². The molecule has 0 aliphatic carbocycles. The highest BCUT2D eigenvalue weighted by molar-refractivity contribution is 9.10. The lowest BCUT2D eigenvalue weighted by atomic mass is 10.2. The number of hydroxylamine groups is 1. The summed E-state index contributed by atoms with van der Waals surface area (Å²) in [6, 6.07) is 4.12. The minimum absolute atomic E-state index is 0.0270. The molecular formula is C18H23BrFN7O3. The summed E-state index contributed by atoms with van der Waals surface area (Å²) in [4.78, 5) is 19.6. The molecule has 5 N–H and O–H groups in total. The van der Waals surface area contributed by atoms with Crippen LogP contribution in [-0.2, 0) is 4.79 Å². The highest BCUT2D eigenvalue weighted by Gasteiger charge is 2.16. The number of rotatable bonds is 9. The SMILES string of the molecule is CC(C)C(=O)N=C(N)CCCCNc1nonc1C(=Nc1ccc(F)c(Br)c1)NO. The van der Waals surface area contributed by atoms with Crippen molar-refractivity contribution in [3.63, 3.8) is 0 Å². The van der Waals surface area contributed by atoms with Crippen LogP contribution in [0.3, 0.4) is 0 Å². The highest BCUT2D eigenvalue weighted by Crippen LogP contribution is 2.23. The van der Waals surface area contributed by atoms with Gasteiger partial charge in [-0.3, -0.25) is 15.5 Å². The van der Waals surface area contributed by atoms with Crippen molar-refractivity contribution in [1.82, 2.24) is 15.8 Å². The van der Waals surface area contributed by atoms with Gasteiger partial charge in [-0.05, 0) is 57.3 Å². The van der Waals surface area contributed by atoms with E-state index in [0.717, 1.165) is 0 Å². The average Bonchev–Trinajstić information content (AvgIpc) is 3.16. The zero-order valence-corrected chi connectivity index (χ0v) is 18.1. The molecule has 0 saturated heterocycles. The van der Waals surface area contributed by atoms with Gasteiger partial charge in [0, 0.05) is 18.9 Å². The number of benzene rings is 1. The predicted octanol–water partition coefficient (Wildman–Crippen LogP) is 3.15. The second-order valence-corrected chi connectivity index (χ2v) is 7.47. The lowest BCUT2D eigenvalue weighted by Crippen LogP contribution is -2.22. The smallest absolute Gasteiger partial charge is 0.249 e. The standard InChI is InChI=1S/C18H23BrFN7O3/c1-10(2)18(28)24-14(21)5-3-4-8-22-16-15(26-30-27-16)17(25-29)23-11-6-7-13(20)12(19)9-11/h6-7,9-10,29H,3-5,8H2,1-2H3,(H,22,27)(H,23,25)(H2,21,24,28). The van der Waals surface area contributed by atoms with Gasteiger partial charge in [0.2, 0.25) is 11.7 Å². The number of aromatic nitrogens is 2. The maximum absolute atomic E-state index is 13.4. The van der Waals surface area contributed by atoms with E-state index in [4.69, 9.17) is 10.4 Å². The second-order valence-electron chi connectivity index (χ2n) is 6.61. The first-order valence-electron chi connectivity index (χ1n) is 9.19. The highest BCUT2D eigenvalue weighted by atomic mass is 79.9. The number of nitrogens with two attached hydrogens (primary N) is 1. The van der Waals surface area contributed by atoms with Crippen LogP contribution in [0, 0.1) is 11.7 Å². The molecule has 162 valence electrons. The third-order valence-electron chi connectivity index (χ3n) is 3.86. The van der Waals surface area contributed by atoms with Gasteiger partial charge in [0.15, 0.2) is 11.5 Å². The number of carbonyl (C=O) groups excluding carboxylic acids is 1. The number of hydrogen-bond acceptors (Lipinski definition) is 7. The molecule has 2 rings (SSSR count). The average molecular weight is 484 g/mol. The molecule has 1 aromatic carbocycles. The molecule has 0 atom stereocenters. The Labute approximate surface area is 180 Å². The summed E-state index contributed by atoms with van der Waals surface area (Å²) >= 11 is 3.08. The van der Waals surface area contributed by atoms with Crippen molar-refractivity contribution < 1.29 is 19.0 Å². The number of unbranched alkanes of at least 4 members (excludes halogenated alkanes) is 1. The Hall–Kier alpha value is -2.86. The summed E-state index contributed by atoms with van der Waals surface area (Å²) < 4.78 is 18.3. The van der Waals surface area contributed by atoms with Crippen molar-refractivity contribution in [2.24, 2.45) is 21.6 Å². The number of amides is 1. The van der Waals surface area contributed by atoms with E-state index in [1.165, 1.54) is 18.2 Å². The van der Waals surface area contributed by atoms with Gasteiger partial charge < -0.3 is 11.1 Å². The van der Waals surface area contributed by atoms with Crippen LogP contribution < -0.4 is 16.5 Å². The van der Waals surface area contributed by atoms with Crippen LogP contribution >= 0.6 is 15.9 Å². The van der Waals surface area contributed by atoms with Gasteiger partial charge in [0.1, 0.15) is 11.7 Å². The Morgan fingerprint density at radius 1 is 1.37 bits per heavy atom. The summed E-state index contributed by atoms with van der Waals surface area (Å²) in [5.41, 5.74) is 8.23. The first-order valence-corrected chi connectivity index (χ1v) is 9.98. The molecule has 12 heteroatoms. The molecular weight excluding hydrogens is 461 g/mol. The van der Waals surface area contributed by atoms with E-state index < -0.39 is 5.82 Å². The lowest BCUT2D eigenvalue weighted by molar-refractivity contribution is -0.120.